The third-order valence-electron chi connectivity index (χ3n) is 4.09. The van der Waals surface area contributed by atoms with E-state index in [1.54, 1.807) is 37.4 Å². The second-order valence-electron chi connectivity index (χ2n) is 6.46. The van der Waals surface area contributed by atoms with Crippen LogP contribution in [-0.4, -0.2) is 43.2 Å². The largest absolute Gasteiger partial charge is 0.340 e. The molecule has 1 heterocycles. The molecule has 3 aromatic rings. The molecule has 0 aliphatic rings. The molecule has 0 bridgehead atoms. The fraction of sp³-hybridized carbons (Fsp3) is 0.200. The summed E-state index contributed by atoms with van der Waals surface area (Å²) in [4.78, 5) is 29.0. The van der Waals surface area contributed by atoms with Crippen molar-refractivity contribution in [3.05, 3.63) is 66.0 Å². The van der Waals surface area contributed by atoms with Crippen molar-refractivity contribution in [2.24, 2.45) is 0 Å². The molecular formula is C20H21N5O3S. The number of anilines is 1. The van der Waals surface area contributed by atoms with E-state index in [-0.39, 0.29) is 5.75 Å². The molecule has 0 fully saturated rings. The van der Waals surface area contributed by atoms with E-state index in [1.165, 1.54) is 0 Å². The summed E-state index contributed by atoms with van der Waals surface area (Å²) in [5, 5.41) is 12.1. The van der Waals surface area contributed by atoms with Crippen molar-refractivity contribution in [1.82, 2.24) is 20.5 Å². The lowest BCUT2D eigenvalue weighted by molar-refractivity contribution is -0.136. The molecule has 150 valence electrons. The highest BCUT2D eigenvalue weighted by Gasteiger charge is 2.21. The second kappa shape index (κ2) is 9.24. The fourth-order valence-corrected chi connectivity index (χ4v) is 3.51. The summed E-state index contributed by atoms with van der Waals surface area (Å²) in [6, 6.07) is 15.5. The Bertz CT molecular complexity index is 1040. The molecule has 3 rings (SSSR count). The Balaban J connectivity index is 1.70. The number of aromatic amines is 1. The average molecular weight is 411 g/mol. The molecule has 0 aliphatic heterocycles. The number of aromatic nitrogens is 3. The molecule has 2 atom stereocenters. The van der Waals surface area contributed by atoms with Crippen molar-refractivity contribution in [3.63, 3.8) is 0 Å². The number of aryl methyl sites for hydroxylation is 1. The minimum absolute atomic E-state index is 0.211. The van der Waals surface area contributed by atoms with Gasteiger partial charge in [-0.05, 0) is 24.6 Å². The summed E-state index contributed by atoms with van der Waals surface area (Å²) < 4.78 is 11.7. The van der Waals surface area contributed by atoms with E-state index in [2.05, 4.69) is 25.8 Å². The van der Waals surface area contributed by atoms with Gasteiger partial charge >= 0.3 is 11.8 Å². The molecule has 2 aromatic carbocycles. The Morgan fingerprint density at radius 1 is 1.10 bits per heavy atom. The fourth-order valence-electron chi connectivity index (χ4n) is 2.76. The first-order valence-corrected chi connectivity index (χ1v) is 10.6. The van der Waals surface area contributed by atoms with E-state index in [0.717, 1.165) is 5.56 Å². The summed E-state index contributed by atoms with van der Waals surface area (Å²) in [5.41, 5.74) is 1.93. The molecule has 0 aliphatic carbocycles. The van der Waals surface area contributed by atoms with E-state index < -0.39 is 28.7 Å². The number of nitrogens with zero attached hydrogens (tertiary/aromatic N) is 2. The van der Waals surface area contributed by atoms with Crippen LogP contribution in [0.4, 0.5) is 5.69 Å². The summed E-state index contributed by atoms with van der Waals surface area (Å²) >= 11 is 0. The van der Waals surface area contributed by atoms with Crippen LogP contribution in [0.25, 0.3) is 11.4 Å². The SMILES string of the molecule is Cc1nc(-c2cccc(NC(=O)C(=O)N[C@@H](C[S@](C)=O)c3ccccc3)c2)n[nH]1. The first-order chi connectivity index (χ1) is 13.9. The van der Waals surface area contributed by atoms with Gasteiger partial charge in [0.1, 0.15) is 5.82 Å². The molecule has 3 N–H and O–H groups in total. The molecular weight excluding hydrogens is 390 g/mol. The molecule has 0 radical (unpaired) electrons. The van der Waals surface area contributed by atoms with Gasteiger partial charge in [-0.3, -0.25) is 18.9 Å². The van der Waals surface area contributed by atoms with E-state index in [9.17, 15) is 13.8 Å². The van der Waals surface area contributed by atoms with E-state index in [1.807, 2.05) is 30.3 Å². The maximum absolute atomic E-state index is 12.4. The Hall–Kier alpha value is -3.33. The predicted octanol–water partition coefficient (Wildman–Crippen LogP) is 1.95. The van der Waals surface area contributed by atoms with Crippen LogP contribution in [0, 0.1) is 6.92 Å². The van der Waals surface area contributed by atoms with E-state index >= 15 is 0 Å². The van der Waals surface area contributed by atoms with Crippen molar-refractivity contribution >= 4 is 28.3 Å². The molecule has 0 unspecified atom stereocenters. The van der Waals surface area contributed by atoms with Gasteiger partial charge in [0, 0.05) is 34.1 Å². The molecule has 29 heavy (non-hydrogen) atoms. The molecule has 1 aromatic heterocycles. The molecule has 2 amide bonds. The summed E-state index contributed by atoms with van der Waals surface area (Å²) in [7, 11) is -1.15. The highest BCUT2D eigenvalue weighted by atomic mass is 32.2. The lowest BCUT2D eigenvalue weighted by Crippen LogP contribution is -2.39. The number of carbonyl (C=O) groups excluding carboxylic acids is 2. The quantitative estimate of drug-likeness (QED) is 0.536. The zero-order valence-electron chi connectivity index (χ0n) is 16.0. The van der Waals surface area contributed by atoms with Crippen LogP contribution in [0.1, 0.15) is 17.4 Å². The smallest absolute Gasteiger partial charge is 0.313 e. The zero-order chi connectivity index (χ0) is 20.8. The van der Waals surface area contributed by atoms with Crippen LogP contribution in [0.3, 0.4) is 0 Å². The highest BCUT2D eigenvalue weighted by Crippen LogP contribution is 2.19. The summed E-state index contributed by atoms with van der Waals surface area (Å²) in [6.45, 7) is 1.79. The Morgan fingerprint density at radius 3 is 2.52 bits per heavy atom. The lowest BCUT2D eigenvalue weighted by atomic mass is 10.1. The Kier molecular flexibility index (Phi) is 6.50. The topological polar surface area (TPSA) is 117 Å². The van der Waals surface area contributed by atoms with E-state index in [4.69, 9.17) is 0 Å². The van der Waals surface area contributed by atoms with Crippen molar-refractivity contribution in [2.45, 2.75) is 13.0 Å². The molecule has 9 heteroatoms. The lowest BCUT2D eigenvalue weighted by Gasteiger charge is -2.18. The van der Waals surface area contributed by atoms with Gasteiger partial charge in [-0.2, -0.15) is 5.10 Å². The normalized spacial score (nSPS) is 12.8. The van der Waals surface area contributed by atoms with Gasteiger partial charge in [0.2, 0.25) is 0 Å². The third kappa shape index (κ3) is 5.58. The van der Waals surface area contributed by atoms with Gasteiger partial charge in [0.15, 0.2) is 5.82 Å². The minimum Gasteiger partial charge on any atom is -0.340 e. The summed E-state index contributed by atoms with van der Waals surface area (Å²) in [6.07, 6.45) is 1.55. The first kappa shape index (κ1) is 20.4. The van der Waals surface area contributed by atoms with Crippen LogP contribution >= 0.6 is 0 Å². The second-order valence-corrected chi connectivity index (χ2v) is 7.94. The van der Waals surface area contributed by atoms with Gasteiger partial charge in [-0.1, -0.05) is 42.5 Å². The van der Waals surface area contributed by atoms with Gasteiger partial charge in [0.05, 0.1) is 6.04 Å². The van der Waals surface area contributed by atoms with E-state index in [0.29, 0.717) is 22.9 Å². The van der Waals surface area contributed by atoms with Crippen LogP contribution in [0.5, 0.6) is 0 Å². The predicted molar refractivity (Wildman–Crippen MR) is 111 cm³/mol. The number of H-pyrrole nitrogens is 1. The van der Waals surface area contributed by atoms with Gasteiger partial charge in [0.25, 0.3) is 0 Å². The monoisotopic (exact) mass is 411 g/mol. The highest BCUT2D eigenvalue weighted by molar-refractivity contribution is 7.84. The van der Waals surface area contributed by atoms with Crippen molar-refractivity contribution in [3.8, 4) is 11.4 Å². The van der Waals surface area contributed by atoms with Crippen LogP contribution in [0.2, 0.25) is 0 Å². The van der Waals surface area contributed by atoms with Crippen LogP contribution in [0.15, 0.2) is 54.6 Å². The number of benzene rings is 2. The number of hydrogen-bond acceptors (Lipinski definition) is 5. The molecule has 0 saturated carbocycles. The van der Waals surface area contributed by atoms with Gasteiger partial charge in [-0.15, -0.1) is 0 Å². The Labute approximate surface area is 170 Å². The number of amides is 2. The first-order valence-electron chi connectivity index (χ1n) is 8.88. The molecule has 0 saturated heterocycles. The maximum Gasteiger partial charge on any atom is 0.313 e. The van der Waals surface area contributed by atoms with Gasteiger partial charge < -0.3 is 10.6 Å². The minimum atomic E-state index is -1.15. The zero-order valence-corrected chi connectivity index (χ0v) is 16.8. The van der Waals surface area contributed by atoms with Crippen molar-refractivity contribution < 1.29 is 13.8 Å². The average Bonchev–Trinajstić information content (AvgIpc) is 3.14. The number of carbonyl (C=O) groups is 2. The summed E-state index contributed by atoms with van der Waals surface area (Å²) in [5.74, 6) is -0.228. The third-order valence-corrected chi connectivity index (χ3v) is 4.89. The van der Waals surface area contributed by atoms with Crippen LogP contribution in [-0.2, 0) is 20.4 Å². The molecule has 0 spiro atoms. The van der Waals surface area contributed by atoms with Gasteiger partial charge in [-0.25, -0.2) is 4.98 Å². The maximum atomic E-state index is 12.4. The standard InChI is InChI=1S/C20H21N5O3S/c1-13-21-18(25-24-13)15-9-6-10-16(11-15)22-19(26)20(27)23-17(12-29(2)28)14-7-4-3-5-8-14/h3-11,17H,12H2,1-2H3,(H,22,26)(H,23,27)(H,21,24,25)/t17-,29-/m0/s1. The number of hydrogen-bond donors (Lipinski definition) is 3. The number of rotatable bonds is 6. The van der Waals surface area contributed by atoms with Crippen molar-refractivity contribution in [1.29, 1.82) is 0 Å². The molecule has 8 nitrogen and oxygen atoms in total. The van der Waals surface area contributed by atoms with Crippen LogP contribution < -0.4 is 10.6 Å². The van der Waals surface area contributed by atoms with Crippen molar-refractivity contribution in [2.75, 3.05) is 17.3 Å². The Morgan fingerprint density at radius 2 is 1.86 bits per heavy atom. The number of nitrogens with one attached hydrogen (secondary N) is 3.